The van der Waals surface area contributed by atoms with Crippen molar-refractivity contribution in [2.45, 2.75) is 32.2 Å². The van der Waals surface area contributed by atoms with Crippen molar-refractivity contribution in [3.05, 3.63) is 29.8 Å². The fourth-order valence-corrected chi connectivity index (χ4v) is 3.47. The first kappa shape index (κ1) is 12.7. The van der Waals surface area contributed by atoms with E-state index in [2.05, 4.69) is 37.1 Å². The molecule has 2 aliphatic heterocycles. The number of para-hydroxylation sites is 1. The predicted octanol–water partition coefficient (Wildman–Crippen LogP) is 2.31. The number of anilines is 1. The third kappa shape index (κ3) is 2.27. The number of amides is 1. The van der Waals surface area contributed by atoms with Crippen LogP contribution in [0.5, 0.6) is 0 Å². The number of piperidine rings is 1. The normalized spacial score (nSPS) is 27.4. The van der Waals surface area contributed by atoms with E-state index in [0.29, 0.717) is 11.9 Å². The second-order valence-corrected chi connectivity index (χ2v) is 5.99. The molecule has 0 N–H and O–H groups in total. The average molecular weight is 258 g/mol. The lowest BCUT2D eigenvalue weighted by molar-refractivity contribution is -0.124. The highest BCUT2D eigenvalue weighted by atomic mass is 16.2. The van der Waals surface area contributed by atoms with Crippen molar-refractivity contribution >= 4 is 11.6 Å². The van der Waals surface area contributed by atoms with Crippen LogP contribution < -0.4 is 4.90 Å². The summed E-state index contributed by atoms with van der Waals surface area (Å²) >= 11 is 0. The topological polar surface area (TPSA) is 23.6 Å². The van der Waals surface area contributed by atoms with Crippen LogP contribution in [0.3, 0.4) is 0 Å². The molecule has 1 aromatic carbocycles. The van der Waals surface area contributed by atoms with E-state index in [4.69, 9.17) is 0 Å². The molecule has 1 amide bonds. The lowest BCUT2D eigenvalue weighted by Gasteiger charge is -2.33. The fourth-order valence-electron chi connectivity index (χ4n) is 3.47. The van der Waals surface area contributed by atoms with E-state index in [0.717, 1.165) is 38.0 Å². The van der Waals surface area contributed by atoms with Crippen LogP contribution in [0.25, 0.3) is 0 Å². The molecule has 19 heavy (non-hydrogen) atoms. The zero-order chi connectivity index (χ0) is 13.4. The summed E-state index contributed by atoms with van der Waals surface area (Å²) in [4.78, 5) is 17.1. The third-order valence-corrected chi connectivity index (χ3v) is 4.42. The molecule has 0 aliphatic carbocycles. The Kier molecular flexibility index (Phi) is 3.31. The van der Waals surface area contributed by atoms with E-state index in [-0.39, 0.29) is 5.92 Å². The Morgan fingerprint density at radius 3 is 2.89 bits per heavy atom. The maximum atomic E-state index is 12.8. The van der Waals surface area contributed by atoms with Crippen LogP contribution in [0.15, 0.2) is 24.3 Å². The van der Waals surface area contributed by atoms with Gasteiger partial charge in [0.1, 0.15) is 0 Å². The van der Waals surface area contributed by atoms with Crippen LogP contribution in [-0.2, 0) is 11.2 Å². The van der Waals surface area contributed by atoms with Gasteiger partial charge in [0.2, 0.25) is 5.91 Å². The standard InChI is InChI=1S/C16H22N2O/c1-12-10-13-6-3-4-8-15(13)18(12)16(19)14-7-5-9-17(2)11-14/h3-4,6,8,12,14H,5,7,9-11H2,1-2H3/t12-,14+/m1/s1. The zero-order valence-electron chi connectivity index (χ0n) is 11.8. The van der Waals surface area contributed by atoms with E-state index < -0.39 is 0 Å². The quantitative estimate of drug-likeness (QED) is 0.771. The minimum atomic E-state index is 0.173. The maximum Gasteiger partial charge on any atom is 0.231 e. The minimum absolute atomic E-state index is 0.173. The van der Waals surface area contributed by atoms with Crippen molar-refractivity contribution in [2.75, 3.05) is 25.0 Å². The smallest absolute Gasteiger partial charge is 0.231 e. The molecule has 2 aliphatic rings. The Bertz CT molecular complexity index is 485. The van der Waals surface area contributed by atoms with Gasteiger partial charge >= 0.3 is 0 Å². The van der Waals surface area contributed by atoms with Crippen molar-refractivity contribution in [3.8, 4) is 0 Å². The largest absolute Gasteiger partial charge is 0.309 e. The van der Waals surface area contributed by atoms with E-state index >= 15 is 0 Å². The molecule has 102 valence electrons. The van der Waals surface area contributed by atoms with Crippen LogP contribution in [0.4, 0.5) is 5.69 Å². The Morgan fingerprint density at radius 1 is 1.32 bits per heavy atom. The predicted molar refractivity (Wildman–Crippen MR) is 77.3 cm³/mol. The fraction of sp³-hybridized carbons (Fsp3) is 0.562. The molecule has 3 nitrogen and oxygen atoms in total. The molecule has 0 radical (unpaired) electrons. The Hall–Kier alpha value is -1.35. The summed E-state index contributed by atoms with van der Waals surface area (Å²) in [6, 6.07) is 8.63. The van der Waals surface area contributed by atoms with Crippen molar-refractivity contribution in [2.24, 2.45) is 5.92 Å². The van der Waals surface area contributed by atoms with Gasteiger partial charge in [-0.2, -0.15) is 0 Å². The lowest BCUT2D eigenvalue weighted by atomic mass is 9.96. The molecule has 1 fully saturated rings. The molecule has 1 saturated heterocycles. The Balaban J connectivity index is 1.83. The number of nitrogens with zero attached hydrogens (tertiary/aromatic N) is 2. The van der Waals surface area contributed by atoms with Crippen molar-refractivity contribution in [1.82, 2.24) is 4.90 Å². The van der Waals surface area contributed by atoms with Gasteiger partial charge in [-0.05, 0) is 51.4 Å². The van der Waals surface area contributed by atoms with E-state index in [1.807, 2.05) is 11.0 Å². The van der Waals surface area contributed by atoms with Gasteiger partial charge in [-0.25, -0.2) is 0 Å². The zero-order valence-corrected chi connectivity index (χ0v) is 11.8. The molecule has 3 heteroatoms. The van der Waals surface area contributed by atoms with Gasteiger partial charge in [0.15, 0.2) is 0 Å². The monoisotopic (exact) mass is 258 g/mol. The summed E-state index contributed by atoms with van der Waals surface area (Å²) in [5.74, 6) is 0.497. The molecule has 0 saturated carbocycles. The van der Waals surface area contributed by atoms with Crippen LogP contribution in [0.1, 0.15) is 25.3 Å². The summed E-state index contributed by atoms with van der Waals surface area (Å²) in [6.07, 6.45) is 3.16. The summed E-state index contributed by atoms with van der Waals surface area (Å²) < 4.78 is 0. The van der Waals surface area contributed by atoms with Crippen LogP contribution in [-0.4, -0.2) is 37.0 Å². The maximum absolute atomic E-state index is 12.8. The summed E-state index contributed by atoms with van der Waals surface area (Å²) in [7, 11) is 2.11. The van der Waals surface area contributed by atoms with E-state index in [9.17, 15) is 4.79 Å². The molecule has 0 unspecified atom stereocenters. The SMILES string of the molecule is C[C@@H]1Cc2ccccc2N1C(=O)[C@H]1CCCN(C)C1. The van der Waals surface area contributed by atoms with Gasteiger partial charge in [-0.15, -0.1) is 0 Å². The Morgan fingerprint density at radius 2 is 2.11 bits per heavy atom. The molecule has 0 spiro atoms. The molecule has 0 bridgehead atoms. The molecular formula is C16H22N2O. The number of hydrogen-bond acceptors (Lipinski definition) is 2. The number of hydrogen-bond donors (Lipinski definition) is 0. The first-order valence-corrected chi connectivity index (χ1v) is 7.26. The highest BCUT2D eigenvalue weighted by Crippen LogP contribution is 2.34. The van der Waals surface area contributed by atoms with E-state index in [1.54, 1.807) is 0 Å². The number of carbonyl (C=O) groups is 1. The molecule has 1 aromatic rings. The number of rotatable bonds is 1. The van der Waals surface area contributed by atoms with E-state index in [1.165, 1.54) is 5.56 Å². The number of fused-ring (bicyclic) bond motifs is 1. The highest BCUT2D eigenvalue weighted by molar-refractivity contribution is 5.97. The van der Waals surface area contributed by atoms with Gasteiger partial charge in [-0.3, -0.25) is 4.79 Å². The van der Waals surface area contributed by atoms with Crippen LogP contribution in [0, 0.1) is 5.92 Å². The van der Waals surface area contributed by atoms with Gasteiger partial charge in [0.25, 0.3) is 0 Å². The second kappa shape index (κ2) is 4.97. The second-order valence-electron chi connectivity index (χ2n) is 5.99. The lowest BCUT2D eigenvalue weighted by Crippen LogP contribution is -2.45. The highest BCUT2D eigenvalue weighted by Gasteiger charge is 2.35. The summed E-state index contributed by atoms with van der Waals surface area (Å²) in [5, 5.41) is 0. The molecule has 2 atom stereocenters. The third-order valence-electron chi connectivity index (χ3n) is 4.42. The van der Waals surface area contributed by atoms with Crippen LogP contribution >= 0.6 is 0 Å². The van der Waals surface area contributed by atoms with Gasteiger partial charge in [0.05, 0.1) is 5.92 Å². The van der Waals surface area contributed by atoms with Gasteiger partial charge in [-0.1, -0.05) is 18.2 Å². The Labute approximate surface area is 115 Å². The minimum Gasteiger partial charge on any atom is -0.309 e. The van der Waals surface area contributed by atoms with Crippen LogP contribution in [0.2, 0.25) is 0 Å². The molecule has 3 rings (SSSR count). The van der Waals surface area contributed by atoms with Gasteiger partial charge < -0.3 is 9.80 Å². The van der Waals surface area contributed by atoms with Crippen molar-refractivity contribution < 1.29 is 4.79 Å². The number of carbonyl (C=O) groups excluding carboxylic acids is 1. The first-order valence-electron chi connectivity index (χ1n) is 7.26. The number of benzene rings is 1. The summed E-state index contributed by atoms with van der Waals surface area (Å²) in [5.41, 5.74) is 2.45. The average Bonchev–Trinajstić information content (AvgIpc) is 2.74. The molecule has 0 aromatic heterocycles. The number of likely N-dealkylation sites (tertiary alicyclic amines) is 1. The summed E-state index contributed by atoms with van der Waals surface area (Å²) in [6.45, 7) is 4.19. The van der Waals surface area contributed by atoms with Crippen molar-refractivity contribution in [3.63, 3.8) is 0 Å². The molecular weight excluding hydrogens is 236 g/mol. The van der Waals surface area contributed by atoms with Gasteiger partial charge in [0, 0.05) is 18.3 Å². The molecule has 2 heterocycles. The first-order chi connectivity index (χ1) is 9.16. The van der Waals surface area contributed by atoms with Crippen molar-refractivity contribution in [1.29, 1.82) is 0 Å².